The molecule has 2 N–H and O–H groups in total. The van der Waals surface area contributed by atoms with Crippen molar-refractivity contribution in [1.29, 1.82) is 0 Å². The summed E-state index contributed by atoms with van der Waals surface area (Å²) in [7, 11) is 1.83. The van der Waals surface area contributed by atoms with Crippen molar-refractivity contribution < 1.29 is 0 Å². The normalized spacial score (nSPS) is 12.0. The number of aliphatic imine (C=N–C) groups is 1. The van der Waals surface area contributed by atoms with Crippen LogP contribution >= 0.6 is 11.3 Å². The Bertz CT molecular complexity index is 410. The maximum Gasteiger partial charge on any atom is 0.191 e. The lowest BCUT2D eigenvalue weighted by Gasteiger charge is -2.18. The molecular weight excluding hydrogens is 280 g/mol. The summed E-state index contributed by atoms with van der Waals surface area (Å²) < 4.78 is 0. The molecule has 0 aliphatic carbocycles. The van der Waals surface area contributed by atoms with Crippen molar-refractivity contribution >= 4 is 17.3 Å². The SMILES string of the molecule is CCc1ccc(CNC(=NC)NCCCN(CC)CC)s1. The molecule has 120 valence electrons. The van der Waals surface area contributed by atoms with Crippen LogP contribution in [0.5, 0.6) is 0 Å². The van der Waals surface area contributed by atoms with Crippen LogP contribution in [0.25, 0.3) is 0 Å². The van der Waals surface area contributed by atoms with Crippen molar-refractivity contribution in [1.82, 2.24) is 15.5 Å². The Morgan fingerprint density at radius 2 is 1.86 bits per heavy atom. The van der Waals surface area contributed by atoms with Gasteiger partial charge in [-0.15, -0.1) is 11.3 Å². The largest absolute Gasteiger partial charge is 0.356 e. The zero-order chi connectivity index (χ0) is 15.5. The van der Waals surface area contributed by atoms with Crippen molar-refractivity contribution in [3.8, 4) is 0 Å². The van der Waals surface area contributed by atoms with E-state index in [1.807, 2.05) is 18.4 Å². The lowest BCUT2D eigenvalue weighted by atomic mass is 10.3. The first-order valence-corrected chi connectivity index (χ1v) is 8.79. The minimum Gasteiger partial charge on any atom is -0.356 e. The molecule has 0 unspecified atom stereocenters. The fourth-order valence-corrected chi connectivity index (χ4v) is 3.05. The second kappa shape index (κ2) is 10.6. The number of hydrogen-bond donors (Lipinski definition) is 2. The van der Waals surface area contributed by atoms with E-state index in [1.165, 1.54) is 9.75 Å². The van der Waals surface area contributed by atoms with E-state index in [9.17, 15) is 0 Å². The Morgan fingerprint density at radius 1 is 1.14 bits per heavy atom. The molecule has 0 saturated carbocycles. The molecule has 1 aromatic heterocycles. The third kappa shape index (κ3) is 6.96. The summed E-state index contributed by atoms with van der Waals surface area (Å²) in [6.45, 7) is 11.8. The van der Waals surface area contributed by atoms with Gasteiger partial charge in [0.25, 0.3) is 0 Å². The van der Waals surface area contributed by atoms with E-state index in [4.69, 9.17) is 0 Å². The van der Waals surface area contributed by atoms with Crippen molar-refractivity contribution in [2.45, 2.75) is 40.2 Å². The second-order valence-electron chi connectivity index (χ2n) is 4.95. The average molecular weight is 311 g/mol. The minimum absolute atomic E-state index is 0.848. The first-order valence-electron chi connectivity index (χ1n) is 7.97. The van der Waals surface area contributed by atoms with Crippen LogP contribution in [0.1, 0.15) is 36.9 Å². The van der Waals surface area contributed by atoms with Gasteiger partial charge in [0.1, 0.15) is 0 Å². The molecule has 0 amide bonds. The average Bonchev–Trinajstić information content (AvgIpc) is 2.98. The summed E-state index contributed by atoms with van der Waals surface area (Å²) >= 11 is 1.87. The van der Waals surface area contributed by atoms with E-state index >= 15 is 0 Å². The second-order valence-corrected chi connectivity index (χ2v) is 6.21. The third-order valence-corrected chi connectivity index (χ3v) is 4.79. The third-order valence-electron chi connectivity index (χ3n) is 3.56. The van der Waals surface area contributed by atoms with Gasteiger partial charge in [-0.3, -0.25) is 4.99 Å². The van der Waals surface area contributed by atoms with Gasteiger partial charge in [-0.25, -0.2) is 0 Å². The molecule has 5 heteroatoms. The number of nitrogens with zero attached hydrogens (tertiary/aromatic N) is 2. The van der Waals surface area contributed by atoms with Gasteiger partial charge in [-0.05, 0) is 44.6 Å². The summed E-state index contributed by atoms with van der Waals surface area (Å²) in [5.41, 5.74) is 0. The summed E-state index contributed by atoms with van der Waals surface area (Å²) in [5.74, 6) is 0.890. The summed E-state index contributed by atoms with van der Waals surface area (Å²) in [4.78, 5) is 9.51. The predicted octanol–water partition coefficient (Wildman–Crippen LogP) is 2.71. The van der Waals surface area contributed by atoms with Gasteiger partial charge in [0.2, 0.25) is 0 Å². The summed E-state index contributed by atoms with van der Waals surface area (Å²) in [6, 6.07) is 4.41. The number of hydrogen-bond acceptors (Lipinski definition) is 3. The van der Waals surface area contributed by atoms with Gasteiger partial charge in [-0.2, -0.15) is 0 Å². The predicted molar refractivity (Wildman–Crippen MR) is 94.3 cm³/mol. The van der Waals surface area contributed by atoms with Crippen molar-refractivity contribution in [2.24, 2.45) is 4.99 Å². The molecular formula is C16H30N4S. The molecule has 0 saturated heterocycles. The number of aryl methyl sites for hydroxylation is 1. The highest BCUT2D eigenvalue weighted by Gasteiger charge is 2.02. The summed E-state index contributed by atoms with van der Waals surface area (Å²) in [6.07, 6.45) is 2.25. The Labute approximate surface area is 133 Å². The van der Waals surface area contributed by atoms with Gasteiger partial charge in [0.05, 0.1) is 6.54 Å². The topological polar surface area (TPSA) is 39.7 Å². The van der Waals surface area contributed by atoms with Crippen LogP contribution in [-0.4, -0.2) is 44.1 Å². The Morgan fingerprint density at radius 3 is 2.43 bits per heavy atom. The quantitative estimate of drug-likeness (QED) is 0.418. The highest BCUT2D eigenvalue weighted by Crippen LogP contribution is 2.16. The van der Waals surface area contributed by atoms with Crippen LogP contribution in [0.4, 0.5) is 0 Å². The van der Waals surface area contributed by atoms with E-state index in [-0.39, 0.29) is 0 Å². The van der Waals surface area contributed by atoms with Crippen LogP contribution in [0.3, 0.4) is 0 Å². The van der Waals surface area contributed by atoms with Crippen molar-refractivity contribution in [3.05, 3.63) is 21.9 Å². The van der Waals surface area contributed by atoms with Crippen LogP contribution in [0.2, 0.25) is 0 Å². The van der Waals surface area contributed by atoms with E-state index < -0.39 is 0 Å². The fraction of sp³-hybridized carbons (Fsp3) is 0.688. The molecule has 1 aromatic rings. The van der Waals surface area contributed by atoms with Crippen LogP contribution in [0.15, 0.2) is 17.1 Å². The number of nitrogens with one attached hydrogen (secondary N) is 2. The Hall–Kier alpha value is -1.07. The van der Waals surface area contributed by atoms with Gasteiger partial charge < -0.3 is 15.5 Å². The highest BCUT2D eigenvalue weighted by atomic mass is 32.1. The highest BCUT2D eigenvalue weighted by molar-refractivity contribution is 7.11. The number of guanidine groups is 1. The van der Waals surface area contributed by atoms with E-state index in [1.54, 1.807) is 0 Å². The standard InChI is InChI=1S/C16H30N4S/c1-5-14-9-10-15(21-14)13-19-16(17-4)18-11-8-12-20(6-2)7-3/h9-10H,5-8,11-13H2,1-4H3,(H2,17,18,19). The molecule has 0 bridgehead atoms. The van der Waals surface area contributed by atoms with E-state index in [0.29, 0.717) is 0 Å². The first-order chi connectivity index (χ1) is 10.2. The smallest absolute Gasteiger partial charge is 0.191 e. The number of thiophene rings is 1. The zero-order valence-electron chi connectivity index (χ0n) is 13.9. The zero-order valence-corrected chi connectivity index (χ0v) is 14.7. The lowest BCUT2D eigenvalue weighted by molar-refractivity contribution is 0.300. The van der Waals surface area contributed by atoms with E-state index in [0.717, 1.165) is 51.5 Å². The lowest BCUT2D eigenvalue weighted by Crippen LogP contribution is -2.38. The monoisotopic (exact) mass is 310 g/mol. The maximum absolute atomic E-state index is 4.27. The van der Waals surface area contributed by atoms with Crippen LogP contribution in [-0.2, 0) is 13.0 Å². The molecule has 0 radical (unpaired) electrons. The molecule has 4 nitrogen and oxygen atoms in total. The maximum atomic E-state index is 4.27. The molecule has 1 rings (SSSR count). The van der Waals surface area contributed by atoms with Gasteiger partial charge in [0.15, 0.2) is 5.96 Å². The first kappa shape index (κ1) is 18.0. The molecule has 0 aliphatic heterocycles. The molecule has 0 fully saturated rings. The van der Waals surface area contributed by atoms with Crippen molar-refractivity contribution in [3.63, 3.8) is 0 Å². The van der Waals surface area contributed by atoms with Crippen LogP contribution in [0, 0.1) is 0 Å². The Kier molecular flexibility index (Phi) is 9.10. The molecule has 0 spiro atoms. The van der Waals surface area contributed by atoms with E-state index in [2.05, 4.69) is 53.4 Å². The van der Waals surface area contributed by atoms with Gasteiger partial charge in [0, 0.05) is 23.3 Å². The summed E-state index contributed by atoms with van der Waals surface area (Å²) in [5, 5.41) is 6.76. The number of rotatable bonds is 9. The van der Waals surface area contributed by atoms with Crippen molar-refractivity contribution in [2.75, 3.05) is 33.2 Å². The molecule has 21 heavy (non-hydrogen) atoms. The fourth-order valence-electron chi connectivity index (χ4n) is 2.15. The molecule has 0 atom stereocenters. The molecule has 1 heterocycles. The molecule has 0 aliphatic rings. The molecule has 0 aromatic carbocycles. The Balaban J connectivity index is 2.23. The van der Waals surface area contributed by atoms with Gasteiger partial charge in [-0.1, -0.05) is 20.8 Å². The van der Waals surface area contributed by atoms with Crippen LogP contribution < -0.4 is 10.6 Å². The van der Waals surface area contributed by atoms with Gasteiger partial charge >= 0.3 is 0 Å². The minimum atomic E-state index is 0.848.